The Labute approximate surface area is 106 Å². The van der Waals surface area contributed by atoms with E-state index in [1.807, 2.05) is 0 Å². The van der Waals surface area contributed by atoms with Gasteiger partial charge >= 0.3 is 0 Å². The highest BCUT2D eigenvalue weighted by Crippen LogP contribution is 2.48. The molecule has 4 heteroatoms. The summed E-state index contributed by atoms with van der Waals surface area (Å²) in [6.45, 7) is 2.30. The van der Waals surface area contributed by atoms with Gasteiger partial charge in [0.2, 0.25) is 0 Å². The number of nitrogens with two attached hydrogens (primary N) is 1. The average molecular weight is 248 g/mol. The first-order valence-electron chi connectivity index (χ1n) is 6.11. The molecular formula is C14H17FN2O. The van der Waals surface area contributed by atoms with Crippen LogP contribution < -0.4 is 10.5 Å². The number of nitriles is 1. The van der Waals surface area contributed by atoms with Crippen LogP contribution in [0.1, 0.15) is 37.8 Å². The predicted molar refractivity (Wildman–Crippen MR) is 66.4 cm³/mol. The van der Waals surface area contributed by atoms with Gasteiger partial charge < -0.3 is 10.5 Å². The van der Waals surface area contributed by atoms with Crippen molar-refractivity contribution in [3.63, 3.8) is 0 Å². The Morgan fingerprint density at radius 2 is 2.28 bits per heavy atom. The Balaban J connectivity index is 2.08. The zero-order valence-electron chi connectivity index (χ0n) is 10.4. The number of benzene rings is 1. The van der Waals surface area contributed by atoms with Gasteiger partial charge in [0.25, 0.3) is 0 Å². The maximum absolute atomic E-state index is 13.2. The summed E-state index contributed by atoms with van der Waals surface area (Å²) in [6.07, 6.45) is 2.56. The minimum atomic E-state index is -0.312. The van der Waals surface area contributed by atoms with Crippen LogP contribution in [0.4, 0.5) is 4.39 Å². The predicted octanol–water partition coefficient (Wildman–Crippen LogP) is 2.92. The molecule has 0 bridgehead atoms. The number of nitrogens with zero attached hydrogens (tertiary/aromatic N) is 1. The molecule has 0 aliphatic heterocycles. The molecule has 3 nitrogen and oxygen atoms in total. The number of ether oxygens (including phenoxy) is 1. The summed E-state index contributed by atoms with van der Waals surface area (Å²) in [5.41, 5.74) is 6.48. The van der Waals surface area contributed by atoms with Crippen LogP contribution in [0.2, 0.25) is 0 Å². The van der Waals surface area contributed by atoms with Gasteiger partial charge in [-0.3, -0.25) is 0 Å². The van der Waals surface area contributed by atoms with Crippen LogP contribution in [-0.2, 0) is 0 Å². The fourth-order valence-electron chi connectivity index (χ4n) is 1.95. The lowest BCUT2D eigenvalue weighted by Gasteiger charge is -2.17. The van der Waals surface area contributed by atoms with Crippen molar-refractivity contribution in [3.05, 3.63) is 29.6 Å². The van der Waals surface area contributed by atoms with Crippen LogP contribution in [0.3, 0.4) is 0 Å². The van der Waals surface area contributed by atoms with Crippen molar-refractivity contribution in [2.75, 3.05) is 6.61 Å². The Morgan fingerprint density at radius 1 is 1.56 bits per heavy atom. The molecule has 1 fully saturated rings. The van der Waals surface area contributed by atoms with Gasteiger partial charge in [0.15, 0.2) is 0 Å². The topological polar surface area (TPSA) is 59.0 Å². The summed E-state index contributed by atoms with van der Waals surface area (Å²) in [7, 11) is 0. The molecule has 1 saturated carbocycles. The third kappa shape index (κ3) is 2.80. The second-order valence-corrected chi connectivity index (χ2v) is 5.09. The van der Waals surface area contributed by atoms with Crippen LogP contribution in [0.5, 0.6) is 5.75 Å². The van der Waals surface area contributed by atoms with E-state index in [1.165, 1.54) is 12.1 Å². The molecule has 1 aromatic rings. The average Bonchev–Trinajstić information content (AvgIpc) is 3.08. The van der Waals surface area contributed by atoms with Crippen LogP contribution in [-0.4, -0.2) is 6.61 Å². The van der Waals surface area contributed by atoms with Crippen molar-refractivity contribution in [2.24, 2.45) is 11.1 Å². The molecule has 1 aliphatic rings. The first-order valence-corrected chi connectivity index (χ1v) is 6.11. The van der Waals surface area contributed by atoms with E-state index in [9.17, 15) is 4.39 Å². The monoisotopic (exact) mass is 248 g/mol. The summed E-state index contributed by atoms with van der Waals surface area (Å²) in [6, 6.07) is 6.29. The molecule has 0 amide bonds. The Kier molecular flexibility index (Phi) is 3.53. The third-order valence-electron chi connectivity index (χ3n) is 3.41. The fraction of sp³-hybridized carbons (Fsp3) is 0.500. The molecule has 0 aromatic heterocycles. The van der Waals surface area contributed by atoms with E-state index in [0.717, 1.165) is 12.8 Å². The molecule has 2 rings (SSSR count). The van der Waals surface area contributed by atoms with Crippen molar-refractivity contribution in [2.45, 2.75) is 32.2 Å². The van der Waals surface area contributed by atoms with Gasteiger partial charge in [-0.25, -0.2) is 4.39 Å². The lowest BCUT2D eigenvalue weighted by atomic mass is 10.0. The van der Waals surface area contributed by atoms with Gasteiger partial charge in [0.05, 0.1) is 12.7 Å². The second-order valence-electron chi connectivity index (χ2n) is 5.09. The molecule has 1 unspecified atom stereocenters. The lowest BCUT2D eigenvalue weighted by Crippen LogP contribution is -2.15. The zero-order valence-corrected chi connectivity index (χ0v) is 10.4. The zero-order chi connectivity index (χ0) is 13.2. The SMILES string of the molecule is CC(N)c1cc(F)ccc1OCC1(CC#N)CC1. The Bertz CT molecular complexity index is 475. The van der Waals surface area contributed by atoms with Gasteiger partial charge in [0, 0.05) is 23.4 Å². The summed E-state index contributed by atoms with van der Waals surface area (Å²) >= 11 is 0. The molecule has 0 radical (unpaired) electrons. The molecule has 1 aromatic carbocycles. The molecular weight excluding hydrogens is 231 g/mol. The molecule has 18 heavy (non-hydrogen) atoms. The first-order chi connectivity index (χ1) is 8.56. The largest absolute Gasteiger partial charge is 0.493 e. The van der Waals surface area contributed by atoms with Gasteiger partial charge in [-0.15, -0.1) is 0 Å². The summed E-state index contributed by atoms with van der Waals surface area (Å²) in [5, 5.41) is 8.74. The second kappa shape index (κ2) is 4.95. The van der Waals surface area contributed by atoms with Gasteiger partial charge in [0.1, 0.15) is 11.6 Å². The molecule has 0 spiro atoms. The van der Waals surface area contributed by atoms with Gasteiger partial charge in [-0.2, -0.15) is 5.26 Å². The van der Waals surface area contributed by atoms with Crippen molar-refractivity contribution < 1.29 is 9.13 Å². The van der Waals surface area contributed by atoms with Crippen molar-refractivity contribution >= 4 is 0 Å². The maximum Gasteiger partial charge on any atom is 0.124 e. The standard InChI is InChI=1S/C14H17FN2O/c1-10(17)12-8-11(15)2-3-13(12)18-9-14(4-5-14)6-7-16/h2-3,8,10H,4-6,9,17H2,1H3. The third-order valence-corrected chi connectivity index (χ3v) is 3.41. The minimum absolute atomic E-state index is 0.0121. The summed E-state index contributed by atoms with van der Waals surface area (Å²) in [5.74, 6) is 0.309. The van der Waals surface area contributed by atoms with Gasteiger partial charge in [-0.1, -0.05) is 0 Å². The number of hydrogen-bond acceptors (Lipinski definition) is 3. The highest BCUT2D eigenvalue weighted by molar-refractivity contribution is 5.36. The van der Waals surface area contributed by atoms with Crippen LogP contribution >= 0.6 is 0 Å². The molecule has 1 aliphatic carbocycles. The fourth-order valence-corrected chi connectivity index (χ4v) is 1.95. The Morgan fingerprint density at radius 3 is 2.83 bits per heavy atom. The normalized spacial score (nSPS) is 17.9. The van der Waals surface area contributed by atoms with Crippen LogP contribution in [0, 0.1) is 22.6 Å². The molecule has 0 heterocycles. The van der Waals surface area contributed by atoms with Gasteiger partial charge in [-0.05, 0) is 38.0 Å². The van der Waals surface area contributed by atoms with E-state index in [2.05, 4.69) is 6.07 Å². The highest BCUT2D eigenvalue weighted by Gasteiger charge is 2.43. The quantitative estimate of drug-likeness (QED) is 0.871. The van der Waals surface area contributed by atoms with Crippen molar-refractivity contribution in [1.82, 2.24) is 0 Å². The van der Waals surface area contributed by atoms with Crippen molar-refractivity contribution in [3.8, 4) is 11.8 Å². The van der Waals surface area contributed by atoms with Crippen molar-refractivity contribution in [1.29, 1.82) is 5.26 Å². The molecule has 2 N–H and O–H groups in total. The van der Waals surface area contributed by atoms with E-state index in [1.54, 1.807) is 13.0 Å². The minimum Gasteiger partial charge on any atom is -0.493 e. The molecule has 0 saturated heterocycles. The van der Waals surface area contributed by atoms with E-state index in [4.69, 9.17) is 15.7 Å². The van der Waals surface area contributed by atoms with E-state index < -0.39 is 0 Å². The first kappa shape index (κ1) is 12.8. The summed E-state index contributed by atoms with van der Waals surface area (Å²) < 4.78 is 18.9. The van der Waals surface area contributed by atoms with Crippen LogP contribution in [0.25, 0.3) is 0 Å². The summed E-state index contributed by atoms with van der Waals surface area (Å²) in [4.78, 5) is 0. The van der Waals surface area contributed by atoms with E-state index >= 15 is 0 Å². The molecule has 1 atom stereocenters. The van der Waals surface area contributed by atoms with Crippen LogP contribution in [0.15, 0.2) is 18.2 Å². The highest BCUT2D eigenvalue weighted by atomic mass is 19.1. The number of hydrogen-bond donors (Lipinski definition) is 1. The lowest BCUT2D eigenvalue weighted by molar-refractivity contribution is 0.234. The maximum atomic E-state index is 13.2. The smallest absolute Gasteiger partial charge is 0.124 e. The number of halogens is 1. The molecule has 96 valence electrons. The van der Waals surface area contributed by atoms with E-state index in [-0.39, 0.29) is 17.3 Å². The van der Waals surface area contributed by atoms with E-state index in [0.29, 0.717) is 24.3 Å². The number of rotatable bonds is 5. The Hall–Kier alpha value is -1.60.